The summed E-state index contributed by atoms with van der Waals surface area (Å²) in [7, 11) is 0. The molecule has 180 valence electrons. The lowest BCUT2D eigenvalue weighted by atomic mass is 10.1. The first-order chi connectivity index (χ1) is 14.4. The van der Waals surface area contributed by atoms with Crippen LogP contribution in [0.2, 0.25) is 0 Å². The Morgan fingerprint density at radius 1 is 0.633 bits per heavy atom. The second kappa shape index (κ2) is 24.1. The van der Waals surface area contributed by atoms with Gasteiger partial charge < -0.3 is 29.9 Å². The lowest BCUT2D eigenvalue weighted by Crippen LogP contribution is -2.21. The van der Waals surface area contributed by atoms with Gasteiger partial charge in [0.1, 0.15) is 25.4 Å². The van der Waals surface area contributed by atoms with Crippen LogP contribution in [0.15, 0.2) is 0 Å². The van der Waals surface area contributed by atoms with Gasteiger partial charge in [-0.3, -0.25) is 9.59 Å². The van der Waals surface area contributed by atoms with E-state index in [1.165, 1.54) is 44.9 Å². The third-order valence-electron chi connectivity index (χ3n) is 4.23. The molecule has 30 heavy (non-hydrogen) atoms. The molecule has 0 bridgehead atoms. The van der Waals surface area contributed by atoms with Crippen molar-refractivity contribution in [3.63, 3.8) is 0 Å². The normalized spacial score (nSPS) is 12.5. The van der Waals surface area contributed by atoms with Crippen molar-refractivity contribution in [2.45, 2.75) is 103 Å². The first-order valence-corrected chi connectivity index (χ1v) is 11.3. The molecular weight excluding hydrogens is 392 g/mol. The molecule has 0 saturated heterocycles. The number of hydrogen-bond acceptors (Lipinski definition) is 8. The molecule has 0 aliphatic rings. The highest BCUT2D eigenvalue weighted by atomic mass is 16.5. The monoisotopic (exact) mass is 436 g/mol. The lowest BCUT2D eigenvalue weighted by molar-refractivity contribution is -0.148. The Kier molecular flexibility index (Phi) is 24.8. The van der Waals surface area contributed by atoms with Crippen molar-refractivity contribution in [2.75, 3.05) is 26.4 Å². The highest BCUT2D eigenvalue weighted by Gasteiger charge is 2.07. The number of carbonyl (C=O) groups excluding carboxylic acids is 2. The molecule has 0 amide bonds. The molecule has 8 heteroatoms. The summed E-state index contributed by atoms with van der Waals surface area (Å²) in [6.45, 7) is 3.12. The van der Waals surface area contributed by atoms with E-state index in [1.807, 2.05) is 6.92 Å². The zero-order chi connectivity index (χ0) is 23.0. The highest BCUT2D eigenvalue weighted by Crippen LogP contribution is 2.10. The van der Waals surface area contributed by atoms with Crippen LogP contribution in [0, 0.1) is 0 Å². The van der Waals surface area contributed by atoms with E-state index in [0.29, 0.717) is 12.8 Å². The Labute approximate surface area is 181 Å². The summed E-state index contributed by atoms with van der Waals surface area (Å²) < 4.78 is 9.40. The summed E-state index contributed by atoms with van der Waals surface area (Å²) in [6.07, 6.45) is 10.5. The molecule has 0 aromatic rings. The van der Waals surface area contributed by atoms with E-state index in [-0.39, 0.29) is 38.4 Å². The van der Waals surface area contributed by atoms with Gasteiger partial charge in [0.2, 0.25) is 0 Å². The summed E-state index contributed by atoms with van der Waals surface area (Å²) in [5, 5.41) is 34.7. The van der Waals surface area contributed by atoms with Gasteiger partial charge in [0.25, 0.3) is 0 Å². The van der Waals surface area contributed by atoms with E-state index in [9.17, 15) is 9.59 Å². The Morgan fingerprint density at radius 2 is 1.03 bits per heavy atom. The van der Waals surface area contributed by atoms with Gasteiger partial charge in [0.05, 0.1) is 13.2 Å². The summed E-state index contributed by atoms with van der Waals surface area (Å²) >= 11 is 0. The number of esters is 2. The third-order valence-corrected chi connectivity index (χ3v) is 4.23. The predicted molar refractivity (Wildman–Crippen MR) is 115 cm³/mol. The Balaban J connectivity index is 0. The van der Waals surface area contributed by atoms with E-state index in [2.05, 4.69) is 11.7 Å². The van der Waals surface area contributed by atoms with E-state index in [1.54, 1.807) is 0 Å². The van der Waals surface area contributed by atoms with Crippen LogP contribution in [0.5, 0.6) is 0 Å². The molecule has 0 spiro atoms. The van der Waals surface area contributed by atoms with Crippen molar-refractivity contribution in [1.82, 2.24) is 0 Å². The minimum Gasteiger partial charge on any atom is -0.463 e. The van der Waals surface area contributed by atoms with E-state index in [0.717, 1.165) is 19.3 Å². The van der Waals surface area contributed by atoms with Crippen molar-refractivity contribution in [3.05, 3.63) is 0 Å². The molecule has 2 unspecified atom stereocenters. The fraction of sp³-hybridized carbons (Fsp3) is 0.909. The first kappa shape index (κ1) is 31.0. The SMILES string of the molecule is CCCC(=O)OCC(O)CO.CCCCCCCCCCCC(=O)OCC(O)CO. The number of aliphatic hydroxyl groups excluding tert-OH is 4. The lowest BCUT2D eigenvalue weighted by Gasteiger charge is -2.08. The van der Waals surface area contributed by atoms with Crippen LogP contribution in [0.3, 0.4) is 0 Å². The van der Waals surface area contributed by atoms with Gasteiger partial charge in [-0.25, -0.2) is 0 Å². The average Bonchev–Trinajstić information content (AvgIpc) is 2.75. The van der Waals surface area contributed by atoms with E-state index >= 15 is 0 Å². The molecule has 0 aromatic heterocycles. The number of hydrogen-bond donors (Lipinski definition) is 4. The Morgan fingerprint density at radius 3 is 1.43 bits per heavy atom. The van der Waals surface area contributed by atoms with Gasteiger partial charge >= 0.3 is 11.9 Å². The number of rotatable bonds is 18. The Bertz CT molecular complexity index is 389. The maximum atomic E-state index is 11.3. The van der Waals surface area contributed by atoms with Crippen LogP contribution in [0.25, 0.3) is 0 Å². The minimum absolute atomic E-state index is 0.104. The van der Waals surface area contributed by atoms with Crippen LogP contribution in [0.4, 0.5) is 0 Å². The van der Waals surface area contributed by atoms with Gasteiger partial charge in [-0.15, -0.1) is 0 Å². The maximum absolute atomic E-state index is 11.3. The molecule has 0 aromatic carbocycles. The standard InChI is InChI=1S/C15H30O4.C7H14O4/c1-2-3-4-5-6-7-8-9-10-11-15(18)19-13-14(17)12-16;1-2-3-7(10)11-5-6(9)4-8/h14,16-17H,2-13H2,1H3;6,8-9H,2-5H2,1H3. The molecule has 2 atom stereocenters. The van der Waals surface area contributed by atoms with Gasteiger partial charge in [-0.1, -0.05) is 65.2 Å². The van der Waals surface area contributed by atoms with E-state index < -0.39 is 12.2 Å². The van der Waals surface area contributed by atoms with Crippen LogP contribution < -0.4 is 0 Å². The largest absolute Gasteiger partial charge is 0.463 e. The number of unbranched alkanes of at least 4 members (excludes halogenated alkanes) is 8. The molecule has 0 saturated carbocycles. The minimum atomic E-state index is -0.952. The summed E-state index contributed by atoms with van der Waals surface area (Å²) in [5.41, 5.74) is 0. The Hall–Kier alpha value is -1.22. The van der Waals surface area contributed by atoms with Crippen molar-refractivity contribution in [3.8, 4) is 0 Å². The maximum Gasteiger partial charge on any atom is 0.305 e. The summed E-state index contributed by atoms with van der Waals surface area (Å²) in [5.74, 6) is -0.615. The second-order valence-electron chi connectivity index (χ2n) is 7.37. The molecule has 0 aliphatic carbocycles. The van der Waals surface area contributed by atoms with Crippen LogP contribution in [-0.4, -0.2) is 71.0 Å². The third kappa shape index (κ3) is 24.8. The van der Waals surface area contributed by atoms with Crippen molar-refractivity contribution in [1.29, 1.82) is 0 Å². The fourth-order valence-electron chi connectivity index (χ4n) is 2.41. The first-order valence-electron chi connectivity index (χ1n) is 11.3. The average molecular weight is 437 g/mol. The molecule has 0 heterocycles. The fourth-order valence-corrected chi connectivity index (χ4v) is 2.41. The van der Waals surface area contributed by atoms with Crippen LogP contribution >= 0.6 is 0 Å². The van der Waals surface area contributed by atoms with Gasteiger partial charge in [-0.2, -0.15) is 0 Å². The quantitative estimate of drug-likeness (QED) is 0.190. The molecule has 8 nitrogen and oxygen atoms in total. The zero-order valence-corrected chi connectivity index (χ0v) is 18.9. The number of ether oxygens (including phenoxy) is 2. The summed E-state index contributed by atoms with van der Waals surface area (Å²) in [4.78, 5) is 21.9. The molecular formula is C22H44O8. The molecule has 0 radical (unpaired) electrons. The van der Waals surface area contributed by atoms with E-state index in [4.69, 9.17) is 25.2 Å². The second-order valence-corrected chi connectivity index (χ2v) is 7.37. The number of carbonyl (C=O) groups is 2. The molecule has 0 fully saturated rings. The van der Waals surface area contributed by atoms with Crippen LogP contribution in [0.1, 0.15) is 90.9 Å². The van der Waals surface area contributed by atoms with Crippen molar-refractivity contribution >= 4 is 11.9 Å². The van der Waals surface area contributed by atoms with Gasteiger partial charge in [-0.05, 0) is 12.8 Å². The molecule has 4 N–H and O–H groups in total. The predicted octanol–water partition coefficient (Wildman–Crippen LogP) is 2.49. The summed E-state index contributed by atoms with van der Waals surface area (Å²) in [6, 6.07) is 0. The molecule has 0 aliphatic heterocycles. The number of aliphatic hydroxyl groups is 4. The van der Waals surface area contributed by atoms with Crippen molar-refractivity contribution in [2.24, 2.45) is 0 Å². The molecule has 0 rings (SSSR count). The highest BCUT2D eigenvalue weighted by molar-refractivity contribution is 5.69. The van der Waals surface area contributed by atoms with Gasteiger partial charge in [0.15, 0.2) is 0 Å². The van der Waals surface area contributed by atoms with Gasteiger partial charge in [0, 0.05) is 12.8 Å². The van der Waals surface area contributed by atoms with Crippen molar-refractivity contribution < 1.29 is 39.5 Å². The smallest absolute Gasteiger partial charge is 0.305 e. The topological polar surface area (TPSA) is 134 Å². The van der Waals surface area contributed by atoms with Crippen LogP contribution in [-0.2, 0) is 19.1 Å². The zero-order valence-electron chi connectivity index (χ0n) is 18.9.